The number of hydrogen-bond donors (Lipinski definition) is 0. The van der Waals surface area contributed by atoms with E-state index in [4.69, 9.17) is 14.2 Å². The van der Waals surface area contributed by atoms with E-state index in [0.717, 1.165) is 12.1 Å². The van der Waals surface area contributed by atoms with Crippen LogP contribution in [-0.4, -0.2) is 60.8 Å². The van der Waals surface area contributed by atoms with Crippen molar-refractivity contribution in [2.24, 2.45) is 5.92 Å². The number of hydrogen-bond acceptors (Lipinski definition) is 5. The topological polar surface area (TPSA) is 65.1 Å². The fraction of sp³-hybridized carbons (Fsp3) is 0.714. The van der Waals surface area contributed by atoms with Crippen LogP contribution in [-0.2, 0) is 23.8 Å². The number of carbonyl (C=O) groups is 2. The van der Waals surface area contributed by atoms with Gasteiger partial charge in [-0.05, 0) is 6.42 Å². The zero-order valence-corrected chi connectivity index (χ0v) is 14.5. The SMILES string of the molecule is C=C1CC(C)C(=O)N1CCOCCOCCOCC(=O)I. The molecule has 1 fully saturated rings. The van der Waals surface area contributed by atoms with Gasteiger partial charge >= 0.3 is 0 Å². The summed E-state index contributed by atoms with van der Waals surface area (Å²) < 4.78 is 15.7. The van der Waals surface area contributed by atoms with E-state index in [2.05, 4.69) is 6.58 Å². The highest BCUT2D eigenvalue weighted by Gasteiger charge is 2.30. The van der Waals surface area contributed by atoms with Gasteiger partial charge in [-0.15, -0.1) is 0 Å². The molecule has 1 rings (SSSR count). The molecule has 0 aromatic heterocycles. The van der Waals surface area contributed by atoms with Crippen LogP contribution in [0.5, 0.6) is 0 Å². The van der Waals surface area contributed by atoms with Gasteiger partial charge < -0.3 is 19.1 Å². The van der Waals surface area contributed by atoms with E-state index in [0.29, 0.717) is 39.6 Å². The lowest BCUT2D eigenvalue weighted by molar-refractivity contribution is -0.130. The smallest absolute Gasteiger partial charge is 0.230 e. The van der Waals surface area contributed by atoms with Crippen LogP contribution in [0.4, 0.5) is 0 Å². The molecule has 0 radical (unpaired) electrons. The Morgan fingerprint density at radius 1 is 1.24 bits per heavy atom. The van der Waals surface area contributed by atoms with E-state index in [1.54, 1.807) is 27.5 Å². The predicted molar refractivity (Wildman–Crippen MR) is 86.1 cm³/mol. The third-order valence-electron chi connectivity index (χ3n) is 3.03. The van der Waals surface area contributed by atoms with Gasteiger partial charge in [0, 0.05) is 40.8 Å². The second kappa shape index (κ2) is 10.3. The van der Waals surface area contributed by atoms with Gasteiger partial charge in [0.25, 0.3) is 0 Å². The molecular weight excluding hydrogens is 389 g/mol. The maximum absolute atomic E-state index is 11.8. The second-order valence-corrected chi connectivity index (χ2v) is 6.00. The summed E-state index contributed by atoms with van der Waals surface area (Å²) in [5.74, 6) is 0.164. The lowest BCUT2D eigenvalue weighted by atomic mass is 10.1. The van der Waals surface area contributed by atoms with Crippen LogP contribution in [0.1, 0.15) is 13.3 Å². The molecule has 0 bridgehead atoms. The quantitative estimate of drug-likeness (QED) is 0.292. The zero-order chi connectivity index (χ0) is 15.7. The van der Waals surface area contributed by atoms with Gasteiger partial charge in [-0.2, -0.15) is 0 Å². The maximum Gasteiger partial charge on any atom is 0.230 e. The summed E-state index contributed by atoms with van der Waals surface area (Å²) in [6.45, 7) is 8.71. The van der Waals surface area contributed by atoms with Gasteiger partial charge in [-0.1, -0.05) is 13.5 Å². The first kappa shape index (κ1) is 18.5. The first-order valence-corrected chi connectivity index (χ1v) is 8.01. The minimum atomic E-state index is -0.0247. The molecule has 0 saturated carbocycles. The maximum atomic E-state index is 11.8. The van der Waals surface area contributed by atoms with Crippen LogP contribution in [0.3, 0.4) is 0 Å². The number of ether oxygens (including phenoxy) is 3. The molecule has 1 heterocycles. The highest BCUT2D eigenvalue weighted by molar-refractivity contribution is 14.1. The number of allylic oxidation sites excluding steroid dienone is 1. The van der Waals surface area contributed by atoms with Gasteiger partial charge in [0.2, 0.25) is 9.70 Å². The van der Waals surface area contributed by atoms with Crippen LogP contribution in [0.2, 0.25) is 0 Å². The minimum absolute atomic E-state index is 0.0247. The number of amides is 1. The molecule has 0 aliphatic carbocycles. The number of carbonyl (C=O) groups excluding carboxylic acids is 2. The van der Waals surface area contributed by atoms with E-state index in [1.165, 1.54) is 0 Å². The molecule has 7 heteroatoms. The molecular formula is C14H22INO5. The van der Waals surface area contributed by atoms with Crippen molar-refractivity contribution in [1.29, 1.82) is 0 Å². The summed E-state index contributed by atoms with van der Waals surface area (Å²) in [6.07, 6.45) is 0.738. The predicted octanol–water partition coefficient (Wildman–Crippen LogP) is 1.38. The minimum Gasteiger partial charge on any atom is -0.377 e. The lowest BCUT2D eigenvalue weighted by Gasteiger charge is -2.17. The van der Waals surface area contributed by atoms with Crippen molar-refractivity contribution < 1.29 is 23.8 Å². The molecule has 1 aliphatic rings. The number of halogens is 1. The average Bonchev–Trinajstić information content (AvgIpc) is 2.66. The molecule has 1 atom stereocenters. The van der Waals surface area contributed by atoms with Crippen LogP contribution >= 0.6 is 22.6 Å². The van der Waals surface area contributed by atoms with Gasteiger partial charge in [-0.3, -0.25) is 9.59 Å². The molecule has 120 valence electrons. The number of likely N-dealkylation sites (tertiary alicyclic amines) is 1. The Labute approximate surface area is 138 Å². The number of nitrogens with zero attached hydrogens (tertiary/aromatic N) is 1. The summed E-state index contributed by atoms with van der Waals surface area (Å²) >= 11 is 1.69. The summed E-state index contributed by atoms with van der Waals surface area (Å²) in [7, 11) is 0. The summed E-state index contributed by atoms with van der Waals surface area (Å²) in [5.41, 5.74) is 0.870. The summed E-state index contributed by atoms with van der Waals surface area (Å²) in [4.78, 5) is 24.1. The zero-order valence-electron chi connectivity index (χ0n) is 12.3. The average molecular weight is 411 g/mol. The Hall–Kier alpha value is -0.510. The lowest BCUT2D eigenvalue weighted by Crippen LogP contribution is -2.29. The first-order valence-electron chi connectivity index (χ1n) is 6.93. The van der Waals surface area contributed by atoms with E-state index < -0.39 is 0 Å². The number of rotatable bonds is 11. The Morgan fingerprint density at radius 2 is 1.81 bits per heavy atom. The van der Waals surface area contributed by atoms with Gasteiger partial charge in [0.1, 0.15) is 6.61 Å². The Kier molecular flexibility index (Phi) is 9.05. The van der Waals surface area contributed by atoms with Crippen molar-refractivity contribution in [2.45, 2.75) is 13.3 Å². The normalized spacial score (nSPS) is 18.6. The van der Waals surface area contributed by atoms with Crippen molar-refractivity contribution in [1.82, 2.24) is 4.90 Å². The Morgan fingerprint density at radius 3 is 2.33 bits per heavy atom. The summed E-state index contributed by atoms with van der Waals surface area (Å²) in [5, 5.41) is 0. The van der Waals surface area contributed by atoms with E-state index in [1.807, 2.05) is 6.92 Å². The molecule has 21 heavy (non-hydrogen) atoms. The highest BCUT2D eigenvalue weighted by atomic mass is 127. The second-order valence-electron chi connectivity index (χ2n) is 4.79. The van der Waals surface area contributed by atoms with Crippen LogP contribution in [0, 0.1) is 5.92 Å². The highest BCUT2D eigenvalue weighted by Crippen LogP contribution is 2.25. The summed E-state index contributed by atoms with van der Waals surface area (Å²) in [6, 6.07) is 0. The van der Waals surface area contributed by atoms with Crippen LogP contribution in [0.15, 0.2) is 12.3 Å². The molecule has 1 saturated heterocycles. The molecule has 1 amide bonds. The molecule has 0 aromatic carbocycles. The molecule has 6 nitrogen and oxygen atoms in total. The Balaban J connectivity index is 1.92. The van der Waals surface area contributed by atoms with Crippen molar-refractivity contribution in [3.05, 3.63) is 12.3 Å². The van der Waals surface area contributed by atoms with Crippen molar-refractivity contribution in [3.63, 3.8) is 0 Å². The fourth-order valence-electron chi connectivity index (χ4n) is 1.99. The van der Waals surface area contributed by atoms with E-state index in [-0.39, 0.29) is 22.2 Å². The Bertz CT molecular complexity index is 374. The van der Waals surface area contributed by atoms with Gasteiger partial charge in [0.05, 0.1) is 33.0 Å². The molecule has 0 aromatic rings. The van der Waals surface area contributed by atoms with Gasteiger partial charge in [-0.25, -0.2) is 0 Å². The standard InChI is InChI=1S/C14H22INO5/c1-11-9-12(2)16(14(11)18)3-4-19-5-6-20-7-8-21-10-13(15)17/h11H,2-10H2,1H3. The molecule has 1 unspecified atom stereocenters. The third kappa shape index (κ3) is 7.35. The van der Waals surface area contributed by atoms with Crippen LogP contribution < -0.4 is 0 Å². The fourth-order valence-corrected chi connectivity index (χ4v) is 2.21. The molecule has 1 aliphatic heterocycles. The van der Waals surface area contributed by atoms with Crippen molar-refractivity contribution >= 4 is 32.3 Å². The largest absolute Gasteiger partial charge is 0.377 e. The van der Waals surface area contributed by atoms with Gasteiger partial charge in [0.15, 0.2) is 0 Å². The monoisotopic (exact) mass is 411 g/mol. The van der Waals surface area contributed by atoms with E-state index >= 15 is 0 Å². The first-order chi connectivity index (χ1) is 10.0. The van der Waals surface area contributed by atoms with Crippen molar-refractivity contribution in [3.8, 4) is 0 Å². The third-order valence-corrected chi connectivity index (χ3v) is 3.34. The van der Waals surface area contributed by atoms with Crippen molar-refractivity contribution in [2.75, 3.05) is 46.2 Å². The van der Waals surface area contributed by atoms with Crippen LogP contribution in [0.25, 0.3) is 0 Å². The van der Waals surface area contributed by atoms with E-state index in [9.17, 15) is 9.59 Å². The molecule has 0 N–H and O–H groups in total. The molecule has 0 spiro atoms.